The second kappa shape index (κ2) is 9.98. The summed E-state index contributed by atoms with van der Waals surface area (Å²) in [5.74, 6) is -0.182. The van der Waals surface area contributed by atoms with Gasteiger partial charge in [-0.3, -0.25) is 19.6 Å². The van der Waals surface area contributed by atoms with E-state index in [4.69, 9.17) is 27.9 Å². The molecule has 1 fully saturated rings. The molecule has 4 rings (SSSR count). The Kier molecular flexibility index (Phi) is 7.14. The Morgan fingerprint density at radius 1 is 1.25 bits per heavy atom. The van der Waals surface area contributed by atoms with E-state index in [-0.39, 0.29) is 41.7 Å². The number of ether oxygens (including phenoxy) is 1. The zero-order valence-corrected chi connectivity index (χ0v) is 20.2. The molecule has 1 aliphatic rings. The largest absolute Gasteiger partial charge is 0.457 e. The Bertz CT molecular complexity index is 1340. The van der Waals surface area contributed by atoms with Gasteiger partial charge in [0.1, 0.15) is 11.5 Å². The minimum atomic E-state index is -4.71. The summed E-state index contributed by atoms with van der Waals surface area (Å²) >= 11 is 11.9. The molecule has 13 heteroatoms. The van der Waals surface area contributed by atoms with Gasteiger partial charge in [-0.1, -0.05) is 23.2 Å². The molecule has 0 unspecified atom stereocenters. The third-order valence-electron chi connectivity index (χ3n) is 5.47. The van der Waals surface area contributed by atoms with Gasteiger partial charge in [-0.2, -0.15) is 18.3 Å². The summed E-state index contributed by atoms with van der Waals surface area (Å²) in [6.07, 6.45) is -3.56. The van der Waals surface area contributed by atoms with Crippen molar-refractivity contribution in [3.63, 3.8) is 0 Å². The lowest BCUT2D eigenvalue weighted by atomic mass is 10.2. The van der Waals surface area contributed by atoms with Gasteiger partial charge in [0.05, 0.1) is 33.9 Å². The molecule has 0 saturated heterocycles. The molecule has 0 atom stereocenters. The maximum absolute atomic E-state index is 13.2. The molecular formula is C23H19Cl2F3N4O4. The maximum Gasteiger partial charge on any atom is 0.436 e. The fraction of sp³-hybridized carbons (Fsp3) is 0.304. The number of carbonyl (C=O) groups is 1. The van der Waals surface area contributed by atoms with E-state index in [0.29, 0.717) is 29.2 Å². The van der Waals surface area contributed by atoms with E-state index in [1.54, 1.807) is 25.1 Å². The quantitative estimate of drug-likeness (QED) is 0.241. The number of aryl methyl sites for hydroxylation is 2. The van der Waals surface area contributed by atoms with Crippen molar-refractivity contribution in [2.24, 2.45) is 0 Å². The van der Waals surface area contributed by atoms with Crippen molar-refractivity contribution in [3.05, 3.63) is 73.5 Å². The minimum absolute atomic E-state index is 0.0905. The van der Waals surface area contributed by atoms with Crippen LogP contribution in [0, 0.1) is 17.0 Å². The Morgan fingerprint density at radius 3 is 2.58 bits per heavy atom. The molecule has 0 aliphatic heterocycles. The minimum Gasteiger partial charge on any atom is -0.457 e. The summed E-state index contributed by atoms with van der Waals surface area (Å²) in [4.78, 5) is 23.3. The van der Waals surface area contributed by atoms with Crippen LogP contribution >= 0.6 is 23.2 Å². The van der Waals surface area contributed by atoms with Gasteiger partial charge in [0.15, 0.2) is 5.69 Å². The van der Waals surface area contributed by atoms with Crippen LogP contribution in [-0.2, 0) is 17.5 Å². The molecule has 0 radical (unpaired) electrons. The SMILES string of the molecule is Cc1cc(Cl)ccc1Oc1cc(NC(=O)CCn2nc(C(F)(F)F)c(Cl)c2C2CC2)cc([N+](=O)[O-])c1. The third kappa shape index (κ3) is 5.90. The van der Waals surface area contributed by atoms with Crippen LogP contribution in [0.1, 0.15) is 42.1 Å². The summed E-state index contributed by atoms with van der Waals surface area (Å²) in [6.45, 7) is 1.61. The van der Waals surface area contributed by atoms with Crippen molar-refractivity contribution in [2.75, 3.05) is 5.32 Å². The fourth-order valence-electron chi connectivity index (χ4n) is 3.66. The van der Waals surface area contributed by atoms with Crippen molar-refractivity contribution in [3.8, 4) is 11.5 Å². The predicted molar refractivity (Wildman–Crippen MR) is 127 cm³/mol. The number of hydrogen-bond donors (Lipinski definition) is 1. The summed E-state index contributed by atoms with van der Waals surface area (Å²) in [5, 5.41) is 17.6. The van der Waals surface area contributed by atoms with E-state index in [1.165, 1.54) is 12.1 Å². The van der Waals surface area contributed by atoms with Gasteiger partial charge in [-0.05, 0) is 43.5 Å². The monoisotopic (exact) mass is 542 g/mol. The molecule has 8 nitrogen and oxygen atoms in total. The fourth-order valence-corrected chi connectivity index (χ4v) is 4.28. The number of nitrogens with one attached hydrogen (secondary N) is 1. The Morgan fingerprint density at radius 2 is 1.97 bits per heavy atom. The maximum atomic E-state index is 13.2. The van der Waals surface area contributed by atoms with Crippen molar-refractivity contribution in [1.82, 2.24) is 9.78 Å². The summed E-state index contributed by atoms with van der Waals surface area (Å²) in [6, 6.07) is 8.64. The number of rotatable bonds is 8. The number of nitrogens with zero attached hydrogens (tertiary/aromatic N) is 3. The lowest BCUT2D eigenvalue weighted by molar-refractivity contribution is -0.384. The third-order valence-corrected chi connectivity index (χ3v) is 6.07. The Balaban J connectivity index is 1.50. The molecule has 1 saturated carbocycles. The number of nitro benzene ring substituents is 1. The van der Waals surface area contributed by atoms with Crippen molar-refractivity contribution in [1.29, 1.82) is 0 Å². The van der Waals surface area contributed by atoms with Gasteiger partial charge in [0, 0.05) is 29.5 Å². The molecule has 0 bridgehead atoms. The average molecular weight is 543 g/mol. The van der Waals surface area contributed by atoms with Crippen molar-refractivity contribution in [2.45, 2.75) is 44.8 Å². The van der Waals surface area contributed by atoms with E-state index < -0.39 is 27.7 Å². The van der Waals surface area contributed by atoms with E-state index in [0.717, 1.165) is 10.7 Å². The Hall–Kier alpha value is -3.31. The number of carbonyl (C=O) groups excluding carboxylic acids is 1. The first-order valence-corrected chi connectivity index (χ1v) is 11.5. The number of aromatic nitrogens is 2. The smallest absolute Gasteiger partial charge is 0.436 e. The molecule has 3 aromatic rings. The number of anilines is 1. The van der Waals surface area contributed by atoms with Crippen LogP contribution in [0.5, 0.6) is 11.5 Å². The van der Waals surface area contributed by atoms with Crippen LogP contribution in [0.25, 0.3) is 0 Å². The molecular weight excluding hydrogens is 524 g/mol. The molecule has 36 heavy (non-hydrogen) atoms. The zero-order chi connectivity index (χ0) is 26.2. The number of benzene rings is 2. The first-order chi connectivity index (χ1) is 16.9. The Labute approximate surface area is 213 Å². The molecule has 1 heterocycles. The summed E-state index contributed by atoms with van der Waals surface area (Å²) < 4.78 is 46.6. The number of alkyl halides is 3. The standard InChI is InChI=1S/C23H19Cl2F3N4O4/c1-12-8-14(24)4-5-18(12)36-17-10-15(9-16(11-17)32(34)35)29-19(33)6-7-31-21(13-2-3-13)20(25)22(30-31)23(26,27)28/h4-5,8-11,13H,2-3,6-7H2,1H3,(H,29,33). The van der Waals surface area contributed by atoms with Gasteiger partial charge in [0.25, 0.3) is 5.69 Å². The van der Waals surface area contributed by atoms with Crippen LogP contribution in [0.15, 0.2) is 36.4 Å². The van der Waals surface area contributed by atoms with Gasteiger partial charge < -0.3 is 10.1 Å². The van der Waals surface area contributed by atoms with Crippen LogP contribution < -0.4 is 10.1 Å². The second-order valence-corrected chi connectivity index (χ2v) is 9.14. The van der Waals surface area contributed by atoms with Crippen LogP contribution in [-0.4, -0.2) is 20.6 Å². The number of hydrogen-bond acceptors (Lipinski definition) is 5. The molecule has 1 N–H and O–H groups in total. The summed E-state index contributed by atoms with van der Waals surface area (Å²) in [5.41, 5.74) is -0.445. The average Bonchev–Trinajstić information content (AvgIpc) is 3.55. The highest BCUT2D eigenvalue weighted by molar-refractivity contribution is 6.32. The van der Waals surface area contributed by atoms with E-state index in [2.05, 4.69) is 10.4 Å². The highest BCUT2D eigenvalue weighted by atomic mass is 35.5. The number of nitro groups is 1. The van der Waals surface area contributed by atoms with Crippen molar-refractivity contribution < 1.29 is 27.6 Å². The predicted octanol–water partition coefficient (Wildman–Crippen LogP) is 7.12. The summed E-state index contributed by atoms with van der Waals surface area (Å²) in [7, 11) is 0. The highest BCUT2D eigenvalue weighted by Gasteiger charge is 2.42. The lowest BCUT2D eigenvalue weighted by Crippen LogP contribution is -2.16. The van der Waals surface area contributed by atoms with Gasteiger partial charge in [-0.25, -0.2) is 0 Å². The molecule has 1 amide bonds. The van der Waals surface area contributed by atoms with Gasteiger partial charge >= 0.3 is 6.18 Å². The van der Waals surface area contributed by atoms with E-state index in [1.807, 2.05) is 0 Å². The zero-order valence-electron chi connectivity index (χ0n) is 18.7. The first kappa shape index (κ1) is 25.8. The normalized spacial score (nSPS) is 13.5. The van der Waals surface area contributed by atoms with Crippen LogP contribution in [0.4, 0.5) is 24.5 Å². The van der Waals surface area contributed by atoms with E-state index in [9.17, 15) is 28.1 Å². The van der Waals surface area contributed by atoms with Crippen LogP contribution in [0.3, 0.4) is 0 Å². The van der Waals surface area contributed by atoms with E-state index >= 15 is 0 Å². The van der Waals surface area contributed by atoms with Crippen LogP contribution in [0.2, 0.25) is 10.0 Å². The molecule has 0 spiro atoms. The number of non-ortho nitro benzene ring substituents is 1. The number of amides is 1. The van der Waals surface area contributed by atoms with Gasteiger partial charge in [0.2, 0.25) is 5.91 Å². The molecule has 2 aromatic carbocycles. The number of halogens is 5. The van der Waals surface area contributed by atoms with Crippen molar-refractivity contribution >= 4 is 40.5 Å². The molecule has 1 aromatic heterocycles. The topological polar surface area (TPSA) is 99.3 Å². The molecule has 190 valence electrons. The molecule has 1 aliphatic carbocycles. The first-order valence-electron chi connectivity index (χ1n) is 10.8. The highest BCUT2D eigenvalue weighted by Crippen LogP contribution is 2.47. The lowest BCUT2D eigenvalue weighted by Gasteiger charge is -2.12. The second-order valence-electron chi connectivity index (χ2n) is 8.33. The van der Waals surface area contributed by atoms with Gasteiger partial charge in [-0.15, -0.1) is 0 Å².